The smallest absolute Gasteiger partial charge is 0.216 e. The first kappa shape index (κ1) is 16.5. The van der Waals surface area contributed by atoms with Crippen LogP contribution in [0.25, 0.3) is 5.52 Å². The summed E-state index contributed by atoms with van der Waals surface area (Å²) in [6.45, 7) is 1.65. The van der Waals surface area contributed by atoms with E-state index in [-0.39, 0.29) is 11.3 Å². The highest BCUT2D eigenvalue weighted by atomic mass is 32.2. The maximum atomic E-state index is 12.5. The van der Waals surface area contributed by atoms with Crippen molar-refractivity contribution in [3.8, 4) is 0 Å². The number of piperidine rings is 1. The van der Waals surface area contributed by atoms with Gasteiger partial charge in [0, 0.05) is 44.5 Å². The van der Waals surface area contributed by atoms with Crippen LogP contribution in [0.1, 0.15) is 50.1 Å². The predicted molar refractivity (Wildman–Crippen MR) is 99.9 cm³/mol. The lowest BCUT2D eigenvalue weighted by molar-refractivity contribution is 0.311. The Labute approximate surface area is 154 Å². The Bertz CT molecular complexity index is 924. The molecule has 8 heteroatoms. The van der Waals surface area contributed by atoms with Crippen LogP contribution in [0, 0.1) is 0 Å². The van der Waals surface area contributed by atoms with Crippen LogP contribution in [-0.2, 0) is 10.0 Å². The summed E-state index contributed by atoms with van der Waals surface area (Å²) in [6.07, 6.45) is 9.52. The Kier molecular flexibility index (Phi) is 3.76. The lowest BCUT2D eigenvalue weighted by atomic mass is 10.1. The van der Waals surface area contributed by atoms with Crippen LogP contribution >= 0.6 is 0 Å². The molecule has 1 saturated heterocycles. The average molecular weight is 375 g/mol. The molecule has 140 valence electrons. The maximum Gasteiger partial charge on any atom is 0.216 e. The van der Waals surface area contributed by atoms with Crippen LogP contribution < -0.4 is 4.90 Å². The van der Waals surface area contributed by atoms with E-state index >= 15 is 0 Å². The van der Waals surface area contributed by atoms with Crippen molar-refractivity contribution in [2.45, 2.75) is 55.7 Å². The zero-order valence-electron chi connectivity index (χ0n) is 15.1. The first-order valence-electron chi connectivity index (χ1n) is 9.60. The monoisotopic (exact) mass is 375 g/mol. The molecule has 7 nitrogen and oxygen atoms in total. The van der Waals surface area contributed by atoms with Crippen molar-refractivity contribution in [1.82, 2.24) is 18.9 Å². The third kappa shape index (κ3) is 2.79. The average Bonchev–Trinajstić information content (AvgIpc) is 3.56. The quantitative estimate of drug-likeness (QED) is 0.799. The molecule has 3 fully saturated rings. The maximum absolute atomic E-state index is 12.5. The van der Waals surface area contributed by atoms with Crippen molar-refractivity contribution in [1.29, 1.82) is 0 Å². The largest absolute Gasteiger partial charge is 0.355 e. The molecule has 2 saturated carbocycles. The molecule has 0 spiro atoms. The van der Waals surface area contributed by atoms with Crippen molar-refractivity contribution in [3.63, 3.8) is 0 Å². The Hall–Kier alpha value is -1.67. The fourth-order valence-electron chi connectivity index (χ4n) is 4.00. The van der Waals surface area contributed by atoms with E-state index in [0.717, 1.165) is 50.1 Å². The highest BCUT2D eigenvalue weighted by Gasteiger charge is 2.41. The molecular formula is C18H25N5O2S. The minimum Gasteiger partial charge on any atom is -0.355 e. The van der Waals surface area contributed by atoms with Crippen molar-refractivity contribution in [2.24, 2.45) is 0 Å². The number of nitrogens with zero attached hydrogens (tertiary/aromatic N) is 5. The number of rotatable bonds is 5. The van der Waals surface area contributed by atoms with E-state index < -0.39 is 10.0 Å². The Morgan fingerprint density at radius 2 is 1.85 bits per heavy atom. The Balaban J connectivity index is 1.33. The van der Waals surface area contributed by atoms with E-state index in [9.17, 15) is 8.42 Å². The van der Waals surface area contributed by atoms with Crippen molar-refractivity contribution >= 4 is 21.4 Å². The van der Waals surface area contributed by atoms with Crippen molar-refractivity contribution < 1.29 is 8.42 Å². The Morgan fingerprint density at radius 3 is 2.50 bits per heavy atom. The zero-order chi connectivity index (χ0) is 17.9. The molecule has 26 heavy (non-hydrogen) atoms. The Morgan fingerprint density at radius 1 is 1.12 bits per heavy atom. The van der Waals surface area contributed by atoms with Gasteiger partial charge in [-0.2, -0.15) is 5.10 Å². The molecule has 3 aliphatic rings. The molecule has 0 amide bonds. The topological polar surface area (TPSA) is 70.8 Å². The van der Waals surface area contributed by atoms with Gasteiger partial charge < -0.3 is 4.90 Å². The van der Waals surface area contributed by atoms with Gasteiger partial charge in [-0.25, -0.2) is 22.2 Å². The third-order valence-corrected chi connectivity index (χ3v) is 8.42. The second-order valence-corrected chi connectivity index (χ2v) is 10.2. The van der Waals surface area contributed by atoms with E-state index in [1.54, 1.807) is 11.4 Å². The van der Waals surface area contributed by atoms with Gasteiger partial charge in [0.15, 0.2) is 5.82 Å². The van der Waals surface area contributed by atoms with E-state index in [2.05, 4.69) is 16.0 Å². The molecule has 5 rings (SSSR count). The van der Waals surface area contributed by atoms with Gasteiger partial charge in [0.05, 0.1) is 10.9 Å². The highest BCUT2D eigenvalue weighted by molar-refractivity contribution is 7.90. The second kappa shape index (κ2) is 5.92. The number of hydrogen-bond acceptors (Lipinski definition) is 5. The number of anilines is 1. The van der Waals surface area contributed by atoms with Crippen LogP contribution in [0.3, 0.4) is 0 Å². The summed E-state index contributed by atoms with van der Waals surface area (Å²) in [7, 11) is -1.34. The van der Waals surface area contributed by atoms with Crippen LogP contribution in [-0.4, -0.2) is 58.8 Å². The van der Waals surface area contributed by atoms with E-state index in [1.165, 1.54) is 18.5 Å². The fourth-order valence-corrected chi connectivity index (χ4v) is 5.83. The third-order valence-electron chi connectivity index (χ3n) is 6.01. The lowest BCUT2D eigenvalue weighted by Crippen LogP contribution is -2.46. The van der Waals surface area contributed by atoms with Gasteiger partial charge in [0.25, 0.3) is 0 Å². The molecule has 2 aromatic heterocycles. The van der Waals surface area contributed by atoms with Gasteiger partial charge in [-0.3, -0.25) is 0 Å². The predicted octanol–water partition coefficient (Wildman–Crippen LogP) is 2.00. The summed E-state index contributed by atoms with van der Waals surface area (Å²) in [5.74, 6) is 1.59. The number of fused-ring (bicyclic) bond motifs is 1. The van der Waals surface area contributed by atoms with Gasteiger partial charge in [0.2, 0.25) is 10.0 Å². The summed E-state index contributed by atoms with van der Waals surface area (Å²) < 4.78 is 28.5. The van der Waals surface area contributed by atoms with E-state index in [4.69, 9.17) is 5.10 Å². The van der Waals surface area contributed by atoms with Crippen molar-refractivity contribution in [2.75, 3.05) is 25.0 Å². The molecule has 3 heterocycles. The summed E-state index contributed by atoms with van der Waals surface area (Å²) in [6, 6.07) is 2.28. The molecule has 1 aliphatic heterocycles. The van der Waals surface area contributed by atoms with Crippen LogP contribution in [0.15, 0.2) is 18.5 Å². The second-order valence-electron chi connectivity index (χ2n) is 7.90. The van der Waals surface area contributed by atoms with E-state index in [0.29, 0.717) is 5.92 Å². The molecule has 2 aliphatic carbocycles. The number of aromatic nitrogens is 3. The minimum absolute atomic E-state index is 0.100. The molecular weight excluding hydrogens is 350 g/mol. The standard InChI is InChI=1S/C18H25N5O2S/c1-21(26(24,25)15-4-5-15)14-6-9-22(10-7-14)18-17-12-16(13-2-3-13)20-23(17)11-8-19-18/h8,11-15H,2-7,9-10H2,1H3. The first-order valence-corrected chi connectivity index (χ1v) is 11.1. The van der Waals surface area contributed by atoms with Crippen LogP contribution in [0.4, 0.5) is 5.82 Å². The van der Waals surface area contributed by atoms with Gasteiger partial charge in [0.1, 0.15) is 5.52 Å². The molecule has 0 radical (unpaired) electrons. The van der Waals surface area contributed by atoms with Crippen LogP contribution in [0.2, 0.25) is 0 Å². The summed E-state index contributed by atoms with van der Waals surface area (Å²) >= 11 is 0. The van der Waals surface area contributed by atoms with Gasteiger partial charge in [-0.1, -0.05) is 0 Å². The molecule has 0 unspecified atom stereocenters. The minimum atomic E-state index is -3.10. The fraction of sp³-hybridized carbons (Fsp3) is 0.667. The molecule has 0 aromatic carbocycles. The zero-order valence-corrected chi connectivity index (χ0v) is 15.9. The van der Waals surface area contributed by atoms with Crippen LogP contribution in [0.5, 0.6) is 0 Å². The molecule has 0 N–H and O–H groups in total. The number of sulfonamides is 1. The first-order chi connectivity index (χ1) is 12.5. The summed E-state index contributed by atoms with van der Waals surface area (Å²) in [4.78, 5) is 6.89. The lowest BCUT2D eigenvalue weighted by Gasteiger charge is -2.36. The normalized spacial score (nSPS) is 22.5. The van der Waals surface area contributed by atoms with Gasteiger partial charge in [-0.05, 0) is 44.6 Å². The molecule has 0 atom stereocenters. The van der Waals surface area contributed by atoms with Gasteiger partial charge >= 0.3 is 0 Å². The van der Waals surface area contributed by atoms with Gasteiger partial charge in [-0.15, -0.1) is 0 Å². The summed E-state index contributed by atoms with van der Waals surface area (Å²) in [5, 5.41) is 4.56. The molecule has 2 aromatic rings. The van der Waals surface area contributed by atoms with E-state index in [1.807, 2.05) is 16.9 Å². The number of hydrogen-bond donors (Lipinski definition) is 0. The molecule has 0 bridgehead atoms. The SMILES string of the molecule is CN(C1CCN(c2nccn3nc(C4CC4)cc23)CC1)S(=O)(=O)C1CC1. The summed E-state index contributed by atoms with van der Waals surface area (Å²) in [5.41, 5.74) is 2.23. The highest BCUT2D eigenvalue weighted by Crippen LogP contribution is 2.40. The van der Waals surface area contributed by atoms with Crippen molar-refractivity contribution in [3.05, 3.63) is 24.2 Å².